The van der Waals surface area contributed by atoms with Gasteiger partial charge in [0.15, 0.2) is 11.5 Å². The van der Waals surface area contributed by atoms with Gasteiger partial charge in [-0.25, -0.2) is 0 Å². The van der Waals surface area contributed by atoms with Crippen LogP contribution in [0.2, 0.25) is 0 Å². The zero-order valence-corrected chi connectivity index (χ0v) is 13.9. The van der Waals surface area contributed by atoms with Crippen molar-refractivity contribution in [1.82, 2.24) is 0 Å². The van der Waals surface area contributed by atoms with Crippen molar-refractivity contribution in [2.24, 2.45) is 0 Å². The predicted molar refractivity (Wildman–Crippen MR) is 99.8 cm³/mol. The Kier molecular flexibility index (Phi) is 3.02. The number of methoxy groups -OCH3 is 2. The van der Waals surface area contributed by atoms with Crippen LogP contribution in [0.25, 0.3) is 0 Å². The normalized spacial score (nSPS) is 21.6. The highest BCUT2D eigenvalue weighted by Crippen LogP contribution is 2.28. The summed E-state index contributed by atoms with van der Waals surface area (Å²) in [5.41, 5.74) is -0.772. The first-order valence-corrected chi connectivity index (χ1v) is 7.44. The molecule has 2 aromatic carbocycles. The number of hydrogen-bond acceptors (Lipinski definition) is 4. The Bertz CT molecular complexity index is 1200. The standard InChI is InChI=1S/C21H28O4/c1-16-7-6-10-19(13-16)25-15-18(22)9-5-4-8-17-11-12-20(23-2)21(14-17)24-3/h6-7,10-14,18,22H,4-5,8-9,15H2,1-3H3/i2D3,4D2,6D,7D,8D2,10D,11D,12D,13D,14D. The highest BCUT2D eigenvalue weighted by molar-refractivity contribution is 5.42. The van der Waals surface area contributed by atoms with E-state index in [4.69, 9.17) is 28.7 Å². The summed E-state index contributed by atoms with van der Waals surface area (Å²) in [6.45, 7) is 0.870. The molecule has 0 aromatic heterocycles. The summed E-state index contributed by atoms with van der Waals surface area (Å²) < 4.78 is 126. The van der Waals surface area contributed by atoms with Crippen LogP contribution in [0, 0.1) is 6.92 Å². The summed E-state index contributed by atoms with van der Waals surface area (Å²) in [6, 6.07) is -4.36. The fourth-order valence-corrected chi connectivity index (χ4v) is 1.79. The monoisotopic (exact) mass is 358 g/mol. The fourth-order valence-electron chi connectivity index (χ4n) is 1.79. The lowest BCUT2D eigenvalue weighted by atomic mass is 10.0. The van der Waals surface area contributed by atoms with Crippen molar-refractivity contribution >= 4 is 0 Å². The molecule has 4 nitrogen and oxygen atoms in total. The fraction of sp³-hybridized carbons (Fsp3) is 0.429. The van der Waals surface area contributed by atoms with Crippen LogP contribution in [-0.2, 0) is 6.37 Å². The third-order valence-corrected chi connectivity index (χ3v) is 3.02. The molecule has 1 unspecified atom stereocenters. The largest absolute Gasteiger partial charge is 0.493 e. The molecule has 0 radical (unpaired) electrons. The molecule has 25 heavy (non-hydrogen) atoms. The number of hydrogen-bond donors (Lipinski definition) is 1. The topological polar surface area (TPSA) is 47.9 Å². The van der Waals surface area contributed by atoms with Gasteiger partial charge in [0.1, 0.15) is 12.4 Å². The van der Waals surface area contributed by atoms with Gasteiger partial charge in [-0.2, -0.15) is 0 Å². The number of aliphatic hydroxyl groups excluding tert-OH is 1. The molecule has 0 aliphatic heterocycles. The Balaban J connectivity index is 2.30. The van der Waals surface area contributed by atoms with Gasteiger partial charge in [0, 0.05) is 5.48 Å². The van der Waals surface area contributed by atoms with Crippen molar-refractivity contribution in [3.63, 3.8) is 0 Å². The highest BCUT2D eigenvalue weighted by Gasteiger charge is 2.07. The average Bonchev–Trinajstić information content (AvgIpc) is 2.82. The van der Waals surface area contributed by atoms with Crippen LogP contribution in [0.5, 0.6) is 17.2 Å². The molecule has 1 atom stereocenters. The molecular formula is C21H28O4. The van der Waals surface area contributed by atoms with Gasteiger partial charge in [-0.1, -0.05) is 24.5 Å². The molecule has 0 amide bonds. The quantitative estimate of drug-likeness (QED) is 0.693. The van der Waals surface area contributed by atoms with E-state index >= 15 is 0 Å². The first-order chi connectivity index (χ1) is 17.7. The molecule has 0 fully saturated rings. The molecule has 136 valence electrons. The van der Waals surface area contributed by atoms with E-state index in [1.54, 1.807) is 0 Å². The van der Waals surface area contributed by atoms with Crippen LogP contribution < -0.4 is 14.2 Å². The van der Waals surface area contributed by atoms with Crippen LogP contribution in [0.3, 0.4) is 0 Å². The minimum atomic E-state index is -3.09. The number of rotatable bonds is 10. The Morgan fingerprint density at radius 1 is 1.20 bits per heavy atom. The summed E-state index contributed by atoms with van der Waals surface area (Å²) in [4.78, 5) is 0. The molecule has 1 N–H and O–H groups in total. The second kappa shape index (κ2) is 9.94. The number of aliphatic hydroxyl groups is 1. The summed E-state index contributed by atoms with van der Waals surface area (Å²) in [7, 11) is -2.05. The van der Waals surface area contributed by atoms with E-state index in [0.29, 0.717) is 0 Å². The zero-order chi connectivity index (χ0) is 30.2. The van der Waals surface area contributed by atoms with E-state index in [2.05, 4.69) is 4.74 Å². The van der Waals surface area contributed by atoms with Crippen molar-refractivity contribution in [2.45, 2.75) is 38.6 Å². The summed E-state index contributed by atoms with van der Waals surface area (Å²) in [6.07, 6.45) is -8.40. The van der Waals surface area contributed by atoms with Gasteiger partial charge in [0.2, 0.25) is 0 Å². The van der Waals surface area contributed by atoms with Gasteiger partial charge in [-0.15, -0.1) is 0 Å². The van der Waals surface area contributed by atoms with Gasteiger partial charge >= 0.3 is 0 Å². The van der Waals surface area contributed by atoms with E-state index in [9.17, 15) is 5.11 Å². The lowest BCUT2D eigenvalue weighted by molar-refractivity contribution is 0.0976. The average molecular weight is 359 g/mol. The maximum Gasteiger partial charge on any atom is 0.160 e. The second-order valence-electron chi connectivity index (χ2n) is 4.97. The summed E-state index contributed by atoms with van der Waals surface area (Å²) in [5.74, 6) is -1.78. The molecule has 0 saturated heterocycles. The van der Waals surface area contributed by atoms with Gasteiger partial charge in [0.25, 0.3) is 0 Å². The molecule has 2 rings (SSSR count). The lowest BCUT2D eigenvalue weighted by Gasteiger charge is -2.13. The maximum atomic E-state index is 10.4. The van der Waals surface area contributed by atoms with E-state index in [0.717, 1.165) is 7.11 Å². The molecule has 0 aliphatic rings. The lowest BCUT2D eigenvalue weighted by Crippen LogP contribution is -2.17. The van der Waals surface area contributed by atoms with Crippen molar-refractivity contribution in [2.75, 3.05) is 20.8 Å². The SMILES string of the molecule is [2H]c1c([2H])c(C)c([2H])c(OCC(O)CCC([2H])([2H])C([2H])([2H])c2c([2H])c([2H])c(OC([2H])([2H])[2H])c(OC)c2[2H])c1[2H]. The van der Waals surface area contributed by atoms with Crippen LogP contribution >= 0.6 is 0 Å². The summed E-state index contributed by atoms with van der Waals surface area (Å²) in [5, 5.41) is 10.4. The second-order valence-corrected chi connectivity index (χ2v) is 4.97. The van der Waals surface area contributed by atoms with Crippen molar-refractivity contribution in [1.29, 1.82) is 0 Å². The number of ether oxygens (including phenoxy) is 3. The third kappa shape index (κ3) is 6.31. The van der Waals surface area contributed by atoms with Gasteiger partial charge in [-0.05, 0) is 61.4 Å². The first-order valence-electron chi connectivity index (χ1n) is 14.4. The van der Waals surface area contributed by atoms with Gasteiger partial charge in [-0.3, -0.25) is 0 Å². The van der Waals surface area contributed by atoms with Crippen molar-refractivity contribution in [3.05, 3.63) is 53.4 Å². The predicted octanol–water partition coefficient (Wildman–Crippen LogP) is 4.16. The van der Waals surface area contributed by atoms with E-state index in [1.807, 2.05) is 0 Å². The Labute approximate surface area is 170 Å². The van der Waals surface area contributed by atoms with E-state index in [1.165, 1.54) is 6.92 Å². The molecule has 0 aliphatic carbocycles. The molecule has 0 bridgehead atoms. The molecule has 0 saturated carbocycles. The van der Waals surface area contributed by atoms with E-state index in [-0.39, 0.29) is 23.4 Å². The Hall–Kier alpha value is -2.20. The van der Waals surface area contributed by atoms with Crippen LogP contribution in [0.4, 0.5) is 0 Å². The first kappa shape index (κ1) is 7.58. The minimum Gasteiger partial charge on any atom is -0.493 e. The third-order valence-electron chi connectivity index (χ3n) is 3.02. The Morgan fingerprint density at radius 2 is 2.08 bits per heavy atom. The molecule has 4 heteroatoms. The van der Waals surface area contributed by atoms with Crippen molar-refractivity contribution in [3.8, 4) is 17.2 Å². The number of benzene rings is 2. The van der Waals surface area contributed by atoms with Crippen LogP contribution in [0.15, 0.2) is 42.3 Å². The molecule has 0 spiro atoms. The van der Waals surface area contributed by atoms with E-state index < -0.39 is 92.6 Å². The van der Waals surface area contributed by atoms with Crippen LogP contribution in [0.1, 0.15) is 49.5 Å². The van der Waals surface area contributed by atoms with Gasteiger partial charge < -0.3 is 19.3 Å². The summed E-state index contributed by atoms with van der Waals surface area (Å²) >= 11 is 0. The van der Waals surface area contributed by atoms with Gasteiger partial charge in [0.05, 0.1) is 34.0 Å². The molecular weight excluding hydrogens is 316 g/mol. The van der Waals surface area contributed by atoms with Crippen LogP contribution in [-0.4, -0.2) is 32.0 Å². The Morgan fingerprint density at radius 3 is 2.88 bits per heavy atom. The molecule has 0 heterocycles. The molecule has 2 aromatic rings. The minimum absolute atomic E-state index is 0.0990. The maximum absolute atomic E-state index is 10.4. The smallest absolute Gasteiger partial charge is 0.160 e. The zero-order valence-electron chi connectivity index (χ0n) is 27.9. The van der Waals surface area contributed by atoms with Crippen molar-refractivity contribution < 1.29 is 38.5 Å². The highest BCUT2D eigenvalue weighted by atomic mass is 16.5.